The maximum absolute atomic E-state index is 12.4. The van der Waals surface area contributed by atoms with E-state index in [1.54, 1.807) is 17.4 Å². The number of carbonyl (C=O) groups is 1. The molecule has 0 saturated carbocycles. The van der Waals surface area contributed by atoms with E-state index in [1.165, 1.54) is 5.56 Å². The fourth-order valence-corrected chi connectivity index (χ4v) is 4.06. The average Bonchev–Trinajstić information content (AvgIpc) is 3.36. The number of likely N-dealkylation sites (tertiary alicyclic amines) is 1. The second-order valence-electron chi connectivity index (χ2n) is 6.70. The van der Waals surface area contributed by atoms with Crippen molar-refractivity contribution >= 4 is 28.8 Å². The molecule has 3 aromatic rings. The number of nitrogens with one attached hydrogen (secondary N) is 1. The SMILES string of the molecule is O=C(NC1CCN(Cc2ccc(Cl)cc2)CC1)c1cc(-c2cccs2)on1. The van der Waals surface area contributed by atoms with Gasteiger partial charge in [-0.15, -0.1) is 11.3 Å². The lowest BCUT2D eigenvalue weighted by Crippen LogP contribution is -2.44. The standard InChI is InChI=1S/C20H20ClN3O2S/c21-15-5-3-14(4-6-15)13-24-9-7-16(8-10-24)22-20(25)17-12-18(26-23-17)19-2-1-11-27-19/h1-6,11-12,16H,7-10,13H2,(H,22,25). The van der Waals surface area contributed by atoms with E-state index in [2.05, 4.69) is 27.5 Å². The summed E-state index contributed by atoms with van der Waals surface area (Å²) < 4.78 is 5.29. The third-order valence-electron chi connectivity index (χ3n) is 4.75. The van der Waals surface area contributed by atoms with E-state index < -0.39 is 0 Å². The monoisotopic (exact) mass is 401 g/mol. The summed E-state index contributed by atoms with van der Waals surface area (Å²) in [6, 6.07) is 13.7. The van der Waals surface area contributed by atoms with Gasteiger partial charge in [-0.3, -0.25) is 9.69 Å². The topological polar surface area (TPSA) is 58.4 Å². The van der Waals surface area contributed by atoms with Crippen molar-refractivity contribution in [3.05, 3.63) is 64.1 Å². The first kappa shape index (κ1) is 18.2. The summed E-state index contributed by atoms with van der Waals surface area (Å²) in [7, 11) is 0. The number of amides is 1. The van der Waals surface area contributed by atoms with Crippen LogP contribution in [0.5, 0.6) is 0 Å². The summed E-state index contributed by atoms with van der Waals surface area (Å²) >= 11 is 7.50. The van der Waals surface area contributed by atoms with Crippen LogP contribution >= 0.6 is 22.9 Å². The first-order valence-corrected chi connectivity index (χ1v) is 10.2. The van der Waals surface area contributed by atoms with Gasteiger partial charge in [0.15, 0.2) is 11.5 Å². The zero-order chi connectivity index (χ0) is 18.6. The van der Waals surface area contributed by atoms with E-state index in [0.29, 0.717) is 11.5 Å². The number of rotatable bonds is 5. The van der Waals surface area contributed by atoms with Gasteiger partial charge in [-0.05, 0) is 42.0 Å². The van der Waals surface area contributed by atoms with Crippen LogP contribution in [-0.4, -0.2) is 35.1 Å². The molecule has 2 aromatic heterocycles. The Hall–Kier alpha value is -2.15. The lowest BCUT2D eigenvalue weighted by Gasteiger charge is -2.32. The van der Waals surface area contributed by atoms with Crippen LogP contribution in [0.3, 0.4) is 0 Å². The van der Waals surface area contributed by atoms with Gasteiger partial charge in [-0.1, -0.05) is 35.0 Å². The number of carbonyl (C=O) groups excluding carboxylic acids is 1. The van der Waals surface area contributed by atoms with Gasteiger partial charge in [-0.2, -0.15) is 0 Å². The van der Waals surface area contributed by atoms with Gasteiger partial charge in [-0.25, -0.2) is 0 Å². The van der Waals surface area contributed by atoms with Crippen molar-refractivity contribution in [3.8, 4) is 10.6 Å². The molecule has 0 unspecified atom stereocenters. The Kier molecular flexibility index (Phi) is 5.57. The van der Waals surface area contributed by atoms with E-state index in [4.69, 9.17) is 16.1 Å². The molecule has 1 aliphatic heterocycles. The molecule has 0 aliphatic carbocycles. The largest absolute Gasteiger partial charge is 0.355 e. The van der Waals surface area contributed by atoms with Crippen LogP contribution in [-0.2, 0) is 6.54 Å². The summed E-state index contributed by atoms with van der Waals surface area (Å²) in [5.74, 6) is 0.464. The zero-order valence-corrected chi connectivity index (χ0v) is 16.3. The summed E-state index contributed by atoms with van der Waals surface area (Å²) in [5, 5.41) is 9.72. The second-order valence-corrected chi connectivity index (χ2v) is 8.09. The molecule has 27 heavy (non-hydrogen) atoms. The van der Waals surface area contributed by atoms with E-state index in [9.17, 15) is 4.79 Å². The fraction of sp³-hybridized carbons (Fsp3) is 0.300. The number of halogens is 1. The quantitative estimate of drug-likeness (QED) is 0.686. The smallest absolute Gasteiger partial charge is 0.273 e. The average molecular weight is 402 g/mol. The lowest BCUT2D eigenvalue weighted by atomic mass is 10.0. The molecule has 3 heterocycles. The Morgan fingerprint density at radius 1 is 1.26 bits per heavy atom. The van der Waals surface area contributed by atoms with Gasteiger partial charge in [0.25, 0.3) is 5.91 Å². The van der Waals surface area contributed by atoms with Gasteiger partial charge in [0.05, 0.1) is 4.88 Å². The Bertz CT molecular complexity index is 884. The van der Waals surface area contributed by atoms with Gasteiger partial charge in [0.1, 0.15) is 0 Å². The predicted molar refractivity (Wildman–Crippen MR) is 107 cm³/mol. The molecule has 1 saturated heterocycles. The number of thiophene rings is 1. The molecule has 0 atom stereocenters. The van der Waals surface area contributed by atoms with Crippen LogP contribution in [0.15, 0.2) is 52.4 Å². The molecule has 140 valence electrons. The van der Waals surface area contributed by atoms with E-state index >= 15 is 0 Å². The summed E-state index contributed by atoms with van der Waals surface area (Å²) in [6.45, 7) is 2.81. The van der Waals surface area contributed by atoms with Crippen LogP contribution in [0.1, 0.15) is 28.9 Å². The van der Waals surface area contributed by atoms with Gasteiger partial charge < -0.3 is 9.84 Å². The first-order chi connectivity index (χ1) is 13.2. The predicted octanol–water partition coefficient (Wildman–Crippen LogP) is 4.45. The molecule has 4 rings (SSSR count). The summed E-state index contributed by atoms with van der Waals surface area (Å²) in [5.41, 5.74) is 1.59. The van der Waals surface area contributed by atoms with Crippen molar-refractivity contribution in [1.29, 1.82) is 0 Å². The molecule has 1 aromatic carbocycles. The van der Waals surface area contributed by atoms with Crippen molar-refractivity contribution in [1.82, 2.24) is 15.4 Å². The highest BCUT2D eigenvalue weighted by molar-refractivity contribution is 7.13. The molecule has 0 radical (unpaired) electrons. The minimum Gasteiger partial charge on any atom is -0.355 e. The Morgan fingerprint density at radius 2 is 2.04 bits per heavy atom. The minimum atomic E-state index is -0.169. The summed E-state index contributed by atoms with van der Waals surface area (Å²) in [4.78, 5) is 15.8. The highest BCUT2D eigenvalue weighted by Gasteiger charge is 2.23. The van der Waals surface area contributed by atoms with E-state index in [-0.39, 0.29) is 11.9 Å². The van der Waals surface area contributed by atoms with Crippen molar-refractivity contribution in [2.75, 3.05) is 13.1 Å². The van der Waals surface area contributed by atoms with Gasteiger partial charge in [0.2, 0.25) is 0 Å². The Labute approximate surface area is 166 Å². The number of benzene rings is 1. The molecule has 0 spiro atoms. The van der Waals surface area contributed by atoms with Crippen LogP contribution in [0, 0.1) is 0 Å². The number of aromatic nitrogens is 1. The fourth-order valence-electron chi connectivity index (χ4n) is 3.26. The molecule has 5 nitrogen and oxygen atoms in total. The van der Waals surface area contributed by atoms with Crippen molar-refractivity contribution in [3.63, 3.8) is 0 Å². The number of piperidine rings is 1. The van der Waals surface area contributed by atoms with E-state index in [0.717, 1.165) is 42.4 Å². The van der Waals surface area contributed by atoms with Crippen LogP contribution in [0.25, 0.3) is 10.6 Å². The Morgan fingerprint density at radius 3 is 2.74 bits per heavy atom. The molecule has 1 N–H and O–H groups in total. The molecule has 0 bridgehead atoms. The maximum Gasteiger partial charge on any atom is 0.273 e. The highest BCUT2D eigenvalue weighted by atomic mass is 35.5. The van der Waals surface area contributed by atoms with Crippen LogP contribution in [0.2, 0.25) is 5.02 Å². The highest BCUT2D eigenvalue weighted by Crippen LogP contribution is 2.25. The van der Waals surface area contributed by atoms with Crippen molar-refractivity contribution in [2.45, 2.75) is 25.4 Å². The molecular weight excluding hydrogens is 382 g/mol. The maximum atomic E-state index is 12.4. The normalized spacial score (nSPS) is 15.7. The van der Waals surface area contributed by atoms with Crippen LogP contribution in [0.4, 0.5) is 0 Å². The Balaban J connectivity index is 1.27. The lowest BCUT2D eigenvalue weighted by molar-refractivity contribution is 0.0900. The molecule has 1 aliphatic rings. The van der Waals surface area contributed by atoms with Crippen LogP contribution < -0.4 is 5.32 Å². The third-order valence-corrected chi connectivity index (χ3v) is 5.89. The molecule has 1 amide bonds. The molecule has 7 heteroatoms. The van der Waals surface area contributed by atoms with Crippen molar-refractivity contribution in [2.24, 2.45) is 0 Å². The number of hydrogen-bond donors (Lipinski definition) is 1. The minimum absolute atomic E-state index is 0.167. The van der Waals surface area contributed by atoms with Gasteiger partial charge in [0, 0.05) is 36.8 Å². The molecular formula is C20H20ClN3O2S. The van der Waals surface area contributed by atoms with Crippen molar-refractivity contribution < 1.29 is 9.32 Å². The third kappa shape index (κ3) is 4.58. The zero-order valence-electron chi connectivity index (χ0n) is 14.7. The van der Waals surface area contributed by atoms with Gasteiger partial charge >= 0.3 is 0 Å². The second kappa shape index (κ2) is 8.25. The summed E-state index contributed by atoms with van der Waals surface area (Å²) in [6.07, 6.45) is 1.85. The number of hydrogen-bond acceptors (Lipinski definition) is 5. The number of nitrogens with zero attached hydrogens (tertiary/aromatic N) is 2. The first-order valence-electron chi connectivity index (χ1n) is 8.95. The van der Waals surface area contributed by atoms with E-state index in [1.807, 2.05) is 29.6 Å². The molecule has 1 fully saturated rings.